The van der Waals surface area contributed by atoms with Crippen molar-refractivity contribution in [3.05, 3.63) is 48.0 Å². The van der Waals surface area contributed by atoms with E-state index in [2.05, 4.69) is 17.2 Å². The van der Waals surface area contributed by atoms with Gasteiger partial charge in [-0.1, -0.05) is 78.3 Å². The Balaban J connectivity index is 1.56. The fourth-order valence-electron chi connectivity index (χ4n) is 7.25. The number of ether oxygens (including phenoxy) is 1. The minimum absolute atomic E-state index is 0.00651. The molecule has 12 heteroatoms. The van der Waals surface area contributed by atoms with Crippen LogP contribution in [0.4, 0.5) is 9.59 Å². The zero-order valence-corrected chi connectivity index (χ0v) is 32.3. The molecule has 2 fully saturated rings. The van der Waals surface area contributed by atoms with E-state index in [1.54, 1.807) is 31.7 Å². The first-order valence-electron chi connectivity index (χ1n) is 19.2. The highest BCUT2D eigenvalue weighted by Gasteiger charge is 2.47. The van der Waals surface area contributed by atoms with Crippen molar-refractivity contribution in [1.29, 1.82) is 0 Å². The maximum atomic E-state index is 14.5. The molecular formula is C41H58N4O8. The lowest BCUT2D eigenvalue weighted by Gasteiger charge is -2.36. The van der Waals surface area contributed by atoms with Gasteiger partial charge in [-0.05, 0) is 54.6 Å². The normalized spacial score (nSPS) is 20.1. The van der Waals surface area contributed by atoms with Gasteiger partial charge in [0.2, 0.25) is 11.7 Å². The molecule has 0 aromatic heterocycles. The van der Waals surface area contributed by atoms with E-state index in [0.29, 0.717) is 38.8 Å². The van der Waals surface area contributed by atoms with Gasteiger partial charge in [0.05, 0.1) is 18.6 Å². The van der Waals surface area contributed by atoms with Crippen LogP contribution in [0.1, 0.15) is 104 Å². The van der Waals surface area contributed by atoms with Crippen molar-refractivity contribution < 1.29 is 38.3 Å². The predicted molar refractivity (Wildman–Crippen MR) is 200 cm³/mol. The van der Waals surface area contributed by atoms with Gasteiger partial charge >= 0.3 is 12.1 Å². The quantitative estimate of drug-likeness (QED) is 0.160. The Kier molecular flexibility index (Phi) is 14.2. The van der Waals surface area contributed by atoms with E-state index in [9.17, 15) is 33.6 Å². The largest absolute Gasteiger partial charge is 0.444 e. The summed E-state index contributed by atoms with van der Waals surface area (Å²) in [6, 6.07) is 4.31. The maximum absolute atomic E-state index is 14.5. The molecule has 0 spiro atoms. The van der Waals surface area contributed by atoms with Crippen molar-refractivity contribution in [3.8, 4) is 0 Å². The fourth-order valence-corrected chi connectivity index (χ4v) is 7.25. The molecule has 0 radical (unpaired) electrons. The number of likely N-dealkylation sites (tertiary alicyclic amines) is 1. The average molecular weight is 735 g/mol. The average Bonchev–Trinajstić information content (AvgIpc) is 3.89. The second-order valence-electron chi connectivity index (χ2n) is 16.3. The first kappa shape index (κ1) is 41.4. The number of carbonyl (C=O) groups excluding carboxylic acids is 7. The molecule has 1 saturated carbocycles. The molecular weight excluding hydrogens is 676 g/mol. The minimum atomic E-state index is -1.12. The topological polar surface area (TPSA) is 159 Å². The van der Waals surface area contributed by atoms with Crippen LogP contribution in [-0.2, 0) is 41.7 Å². The van der Waals surface area contributed by atoms with E-state index >= 15 is 0 Å². The number of urea groups is 1. The van der Waals surface area contributed by atoms with Gasteiger partial charge in [0.25, 0.3) is 0 Å². The summed E-state index contributed by atoms with van der Waals surface area (Å²) in [5, 5.41) is 5.58. The molecule has 2 aliphatic heterocycles. The monoisotopic (exact) mass is 734 g/mol. The molecule has 12 nitrogen and oxygen atoms in total. The number of allylic oxidation sites excluding steroid dienone is 1. The van der Waals surface area contributed by atoms with Gasteiger partial charge in [-0.15, -0.1) is 6.58 Å². The second-order valence-corrected chi connectivity index (χ2v) is 16.3. The number of rotatable bonds is 17. The molecule has 1 aromatic rings. The Morgan fingerprint density at radius 2 is 1.70 bits per heavy atom. The molecule has 290 valence electrons. The van der Waals surface area contributed by atoms with Crippen LogP contribution in [0.3, 0.4) is 0 Å². The molecule has 1 aromatic carbocycles. The third-order valence-corrected chi connectivity index (χ3v) is 10.5. The smallest absolute Gasteiger partial charge is 0.410 e. The van der Waals surface area contributed by atoms with E-state index in [-0.39, 0.29) is 43.4 Å². The third-order valence-electron chi connectivity index (χ3n) is 10.5. The van der Waals surface area contributed by atoms with E-state index in [1.165, 1.54) is 10.5 Å². The van der Waals surface area contributed by atoms with Gasteiger partial charge in [0, 0.05) is 44.2 Å². The number of benzene rings is 1. The Morgan fingerprint density at radius 1 is 1.02 bits per heavy atom. The molecule has 1 unspecified atom stereocenters. The van der Waals surface area contributed by atoms with Gasteiger partial charge < -0.3 is 25.2 Å². The van der Waals surface area contributed by atoms with Crippen LogP contribution >= 0.6 is 0 Å². The molecule has 5 atom stereocenters. The second kappa shape index (κ2) is 18.1. The first-order valence-corrected chi connectivity index (χ1v) is 19.2. The van der Waals surface area contributed by atoms with Crippen LogP contribution in [0.25, 0.3) is 0 Å². The number of hydrogen-bond acceptors (Lipinski definition) is 8. The predicted octanol–water partition coefficient (Wildman–Crippen LogP) is 5.35. The van der Waals surface area contributed by atoms with Crippen LogP contribution in [-0.4, -0.2) is 88.3 Å². The summed E-state index contributed by atoms with van der Waals surface area (Å²) in [6.45, 7) is 15.3. The Morgan fingerprint density at radius 3 is 2.30 bits per heavy atom. The van der Waals surface area contributed by atoms with Gasteiger partial charge in [-0.25, -0.2) is 9.59 Å². The summed E-state index contributed by atoms with van der Waals surface area (Å²) in [5.74, 6) is -3.25. The lowest BCUT2D eigenvalue weighted by molar-refractivity contribution is -0.143. The van der Waals surface area contributed by atoms with Crippen LogP contribution in [0.15, 0.2) is 36.9 Å². The first-order chi connectivity index (χ1) is 25.0. The SMILES string of the molecule is C=CCCC(=O)C(=O)C(CCC)CC(=O)[C@@H]1C[C@@H](OC(=O)N2CCc3ccccc3C2)CN1C(=O)[C@@H](NC(=O)N[C@H](C(=O)C1CC1)C(C)C)C(C)(C)C. The molecule has 4 amide bonds. The van der Waals surface area contributed by atoms with Crippen LogP contribution in [0.2, 0.25) is 0 Å². The summed E-state index contributed by atoms with van der Waals surface area (Å²) < 4.78 is 5.96. The number of Topliss-reactive ketones (excluding diaryl/α,β-unsaturated/α-hetero) is 4. The number of nitrogens with zero attached hydrogens (tertiary/aromatic N) is 2. The van der Waals surface area contributed by atoms with Crippen molar-refractivity contribution in [2.75, 3.05) is 13.1 Å². The lowest BCUT2D eigenvalue weighted by atomic mass is 9.85. The van der Waals surface area contributed by atoms with Crippen molar-refractivity contribution in [2.45, 2.75) is 130 Å². The fraction of sp³-hybridized carbons (Fsp3) is 0.634. The Hall–Kier alpha value is -4.35. The number of carbonyl (C=O) groups is 7. The Labute approximate surface area is 313 Å². The molecule has 0 bridgehead atoms. The Bertz CT molecular complexity index is 1560. The number of ketones is 4. The maximum Gasteiger partial charge on any atom is 0.410 e. The highest BCUT2D eigenvalue weighted by molar-refractivity contribution is 6.38. The van der Waals surface area contributed by atoms with Crippen molar-refractivity contribution in [3.63, 3.8) is 0 Å². The van der Waals surface area contributed by atoms with E-state index in [1.807, 2.05) is 45.0 Å². The van der Waals surface area contributed by atoms with Crippen molar-refractivity contribution >= 4 is 41.2 Å². The van der Waals surface area contributed by atoms with Gasteiger partial charge in [-0.2, -0.15) is 0 Å². The summed E-state index contributed by atoms with van der Waals surface area (Å²) in [5.41, 5.74) is 1.36. The van der Waals surface area contributed by atoms with Crippen LogP contribution in [0, 0.1) is 23.2 Å². The number of nitrogens with one attached hydrogen (secondary N) is 2. The van der Waals surface area contributed by atoms with Crippen LogP contribution < -0.4 is 10.6 Å². The molecule has 53 heavy (non-hydrogen) atoms. The van der Waals surface area contributed by atoms with E-state index < -0.39 is 70.9 Å². The number of hydrogen-bond donors (Lipinski definition) is 2. The molecule has 2 heterocycles. The van der Waals surface area contributed by atoms with Gasteiger partial charge in [0.1, 0.15) is 12.1 Å². The molecule has 4 rings (SSSR count). The molecule has 1 aliphatic carbocycles. The minimum Gasteiger partial charge on any atom is -0.444 e. The zero-order chi connectivity index (χ0) is 39.0. The molecule has 1 saturated heterocycles. The van der Waals surface area contributed by atoms with Crippen molar-refractivity contribution in [2.24, 2.45) is 23.2 Å². The van der Waals surface area contributed by atoms with Crippen LogP contribution in [0.5, 0.6) is 0 Å². The van der Waals surface area contributed by atoms with E-state index in [4.69, 9.17) is 4.74 Å². The van der Waals surface area contributed by atoms with Crippen molar-refractivity contribution in [1.82, 2.24) is 20.4 Å². The van der Waals surface area contributed by atoms with E-state index in [0.717, 1.165) is 18.4 Å². The summed E-state index contributed by atoms with van der Waals surface area (Å²) in [7, 11) is 0. The lowest BCUT2D eigenvalue weighted by Crippen LogP contribution is -2.60. The highest BCUT2D eigenvalue weighted by atomic mass is 16.6. The number of amides is 4. The summed E-state index contributed by atoms with van der Waals surface area (Å²) >= 11 is 0. The third kappa shape index (κ3) is 10.9. The summed E-state index contributed by atoms with van der Waals surface area (Å²) in [4.78, 5) is 97.4. The summed E-state index contributed by atoms with van der Waals surface area (Å²) in [6.07, 6.45) is 3.44. The van der Waals surface area contributed by atoms with Gasteiger partial charge in [0.15, 0.2) is 17.3 Å². The number of fused-ring (bicyclic) bond motifs is 1. The zero-order valence-electron chi connectivity index (χ0n) is 32.3. The standard InChI is InChI=1S/C41H58N4O8/c1-8-10-16-32(46)35(48)28(13-9-2)21-33(47)31-22-30(53-40(52)44-20-19-26-14-11-12-15-29(26)23-44)24-45(31)38(50)37(41(5,6)7)43-39(51)42-34(25(3)4)36(49)27-17-18-27/h8,11-12,14-15,25,27-28,30-31,34,37H,1,9-10,13,16-24H2,2-7H3,(H2,42,43,51)/t28?,30-,31+,34+,37-/m1/s1. The van der Waals surface area contributed by atoms with Gasteiger partial charge in [-0.3, -0.25) is 24.0 Å². The molecule has 3 aliphatic rings. The molecule has 2 N–H and O–H groups in total. The highest BCUT2D eigenvalue weighted by Crippen LogP contribution is 2.33.